The molecule has 1 heterocycles. The molecule has 0 saturated heterocycles. The Labute approximate surface area is 127 Å². The predicted molar refractivity (Wildman–Crippen MR) is 81.8 cm³/mol. The molecule has 6 nitrogen and oxygen atoms in total. The van der Waals surface area contributed by atoms with E-state index in [2.05, 4.69) is 15.4 Å². The molecule has 0 spiro atoms. The molecule has 6 heteroatoms. The van der Waals surface area contributed by atoms with Crippen LogP contribution in [0, 0.1) is 0 Å². The van der Waals surface area contributed by atoms with Gasteiger partial charge in [-0.05, 0) is 18.4 Å². The van der Waals surface area contributed by atoms with Crippen LogP contribution in [-0.2, 0) is 4.74 Å². The van der Waals surface area contributed by atoms with Crippen LogP contribution < -0.4 is 4.74 Å². The fourth-order valence-electron chi connectivity index (χ4n) is 2.43. The molecule has 22 heavy (non-hydrogen) atoms. The number of aromatic amines is 1. The number of rotatable bonds is 4. The molecule has 0 amide bonds. The van der Waals surface area contributed by atoms with Gasteiger partial charge in [0, 0.05) is 10.9 Å². The number of nitrogens with one attached hydrogen (secondary N) is 1. The Balaban J connectivity index is 2.24. The van der Waals surface area contributed by atoms with E-state index in [1.807, 2.05) is 36.4 Å². The van der Waals surface area contributed by atoms with Gasteiger partial charge in [-0.15, -0.1) is 5.10 Å². The summed E-state index contributed by atoms with van der Waals surface area (Å²) in [7, 11) is 1.61. The van der Waals surface area contributed by atoms with Gasteiger partial charge in [-0.1, -0.05) is 30.3 Å². The zero-order valence-corrected chi connectivity index (χ0v) is 12.3. The first-order valence-electron chi connectivity index (χ1n) is 6.90. The SMILES string of the molecule is CCOC(=O)c1n[nH]nc1-c1cccc2cccc(OC)c12. The lowest BCUT2D eigenvalue weighted by Crippen LogP contribution is -2.07. The van der Waals surface area contributed by atoms with Gasteiger partial charge in [0.15, 0.2) is 5.69 Å². The number of aromatic nitrogens is 3. The molecule has 0 aliphatic heterocycles. The van der Waals surface area contributed by atoms with E-state index >= 15 is 0 Å². The lowest BCUT2D eigenvalue weighted by Gasteiger charge is -2.09. The maximum absolute atomic E-state index is 12.0. The van der Waals surface area contributed by atoms with E-state index in [9.17, 15) is 4.79 Å². The number of H-pyrrole nitrogens is 1. The molecule has 3 rings (SSSR count). The highest BCUT2D eigenvalue weighted by atomic mass is 16.5. The second-order valence-electron chi connectivity index (χ2n) is 4.61. The van der Waals surface area contributed by atoms with E-state index in [1.165, 1.54) is 0 Å². The van der Waals surface area contributed by atoms with Gasteiger partial charge in [0.25, 0.3) is 0 Å². The smallest absolute Gasteiger partial charge is 0.361 e. The number of carbonyl (C=O) groups is 1. The molecule has 1 aromatic heterocycles. The van der Waals surface area contributed by atoms with E-state index < -0.39 is 5.97 Å². The summed E-state index contributed by atoms with van der Waals surface area (Å²) in [4.78, 5) is 12.0. The molecule has 0 radical (unpaired) electrons. The number of nitrogens with zero attached hydrogens (tertiary/aromatic N) is 2. The molecule has 0 aliphatic carbocycles. The van der Waals surface area contributed by atoms with Crippen molar-refractivity contribution in [1.29, 1.82) is 0 Å². The standard InChI is InChI=1S/C16H15N3O3/c1-3-22-16(20)15-14(17-19-18-15)11-8-4-6-10-7-5-9-12(21-2)13(10)11/h4-9H,3H2,1-2H3,(H,17,18,19). The van der Waals surface area contributed by atoms with Gasteiger partial charge in [0.2, 0.25) is 0 Å². The van der Waals surface area contributed by atoms with Gasteiger partial charge in [0.1, 0.15) is 11.4 Å². The maximum atomic E-state index is 12.0. The Morgan fingerprint density at radius 1 is 1.18 bits per heavy atom. The summed E-state index contributed by atoms with van der Waals surface area (Å²) in [6.45, 7) is 2.03. The number of fused-ring (bicyclic) bond motifs is 1. The van der Waals surface area contributed by atoms with Crippen molar-refractivity contribution >= 4 is 16.7 Å². The normalized spacial score (nSPS) is 10.6. The minimum Gasteiger partial charge on any atom is -0.496 e. The Morgan fingerprint density at radius 3 is 2.68 bits per heavy atom. The summed E-state index contributed by atoms with van der Waals surface area (Å²) < 4.78 is 10.5. The van der Waals surface area contributed by atoms with Crippen LogP contribution in [0.5, 0.6) is 5.75 Å². The van der Waals surface area contributed by atoms with Crippen molar-refractivity contribution < 1.29 is 14.3 Å². The number of carbonyl (C=O) groups excluding carboxylic acids is 1. The van der Waals surface area contributed by atoms with Crippen molar-refractivity contribution in [2.24, 2.45) is 0 Å². The first kappa shape index (κ1) is 14.1. The van der Waals surface area contributed by atoms with Gasteiger partial charge in [0.05, 0.1) is 13.7 Å². The number of hydrogen-bond donors (Lipinski definition) is 1. The highest BCUT2D eigenvalue weighted by molar-refractivity contribution is 6.04. The van der Waals surface area contributed by atoms with Gasteiger partial charge >= 0.3 is 5.97 Å². The first-order valence-corrected chi connectivity index (χ1v) is 6.90. The molecule has 1 N–H and O–H groups in total. The fraction of sp³-hybridized carbons (Fsp3) is 0.188. The molecule has 0 bridgehead atoms. The van der Waals surface area contributed by atoms with Crippen molar-refractivity contribution in [1.82, 2.24) is 15.4 Å². The maximum Gasteiger partial charge on any atom is 0.361 e. The third-order valence-electron chi connectivity index (χ3n) is 3.36. The Morgan fingerprint density at radius 2 is 1.95 bits per heavy atom. The predicted octanol–water partition coefficient (Wildman–Crippen LogP) is 2.81. The molecule has 0 saturated carbocycles. The molecule has 3 aromatic rings. The highest BCUT2D eigenvalue weighted by Crippen LogP contribution is 2.35. The van der Waals surface area contributed by atoms with Crippen molar-refractivity contribution in [2.45, 2.75) is 6.92 Å². The number of esters is 1. The van der Waals surface area contributed by atoms with Crippen molar-refractivity contribution in [2.75, 3.05) is 13.7 Å². The molecule has 0 atom stereocenters. The lowest BCUT2D eigenvalue weighted by atomic mass is 10.00. The third-order valence-corrected chi connectivity index (χ3v) is 3.36. The minimum absolute atomic E-state index is 0.167. The Kier molecular flexibility index (Phi) is 3.74. The average molecular weight is 297 g/mol. The van der Waals surface area contributed by atoms with Gasteiger partial charge < -0.3 is 9.47 Å². The summed E-state index contributed by atoms with van der Waals surface area (Å²) in [5, 5.41) is 12.4. The molecule has 0 aliphatic rings. The van der Waals surface area contributed by atoms with Crippen LogP contribution in [0.15, 0.2) is 36.4 Å². The first-order chi connectivity index (χ1) is 10.8. The largest absolute Gasteiger partial charge is 0.496 e. The molecule has 112 valence electrons. The number of methoxy groups -OCH3 is 1. The van der Waals surface area contributed by atoms with Crippen LogP contribution >= 0.6 is 0 Å². The van der Waals surface area contributed by atoms with E-state index in [0.29, 0.717) is 11.4 Å². The minimum atomic E-state index is -0.502. The third kappa shape index (κ3) is 2.28. The average Bonchev–Trinajstić information content (AvgIpc) is 3.03. The summed E-state index contributed by atoms with van der Waals surface area (Å²) in [6, 6.07) is 11.5. The quantitative estimate of drug-likeness (QED) is 0.749. The molecule has 2 aromatic carbocycles. The van der Waals surface area contributed by atoms with Crippen molar-refractivity contribution in [3.8, 4) is 17.0 Å². The van der Waals surface area contributed by atoms with Crippen molar-refractivity contribution in [3.63, 3.8) is 0 Å². The van der Waals surface area contributed by atoms with Crippen LogP contribution in [0.3, 0.4) is 0 Å². The number of ether oxygens (including phenoxy) is 2. The Hall–Kier alpha value is -2.89. The van der Waals surface area contributed by atoms with E-state index in [1.54, 1.807) is 14.0 Å². The van der Waals surface area contributed by atoms with Crippen LogP contribution in [0.1, 0.15) is 17.4 Å². The zero-order chi connectivity index (χ0) is 15.5. The second kappa shape index (κ2) is 5.85. The van der Waals surface area contributed by atoms with Gasteiger partial charge in [-0.2, -0.15) is 10.3 Å². The summed E-state index contributed by atoms with van der Waals surface area (Å²) in [6.07, 6.45) is 0. The van der Waals surface area contributed by atoms with Crippen LogP contribution in [0.4, 0.5) is 0 Å². The fourth-order valence-corrected chi connectivity index (χ4v) is 2.43. The van der Waals surface area contributed by atoms with E-state index in [4.69, 9.17) is 9.47 Å². The van der Waals surface area contributed by atoms with Crippen LogP contribution in [0.25, 0.3) is 22.0 Å². The summed E-state index contributed by atoms with van der Waals surface area (Å²) in [5.41, 5.74) is 1.39. The lowest BCUT2D eigenvalue weighted by molar-refractivity contribution is 0.0520. The molecular weight excluding hydrogens is 282 g/mol. The summed E-state index contributed by atoms with van der Waals surface area (Å²) >= 11 is 0. The molecular formula is C16H15N3O3. The van der Waals surface area contributed by atoms with Crippen LogP contribution in [0.2, 0.25) is 0 Å². The van der Waals surface area contributed by atoms with Gasteiger partial charge in [-0.3, -0.25) is 0 Å². The topological polar surface area (TPSA) is 77.1 Å². The monoisotopic (exact) mass is 297 g/mol. The number of hydrogen-bond acceptors (Lipinski definition) is 5. The zero-order valence-electron chi connectivity index (χ0n) is 12.3. The van der Waals surface area contributed by atoms with Crippen molar-refractivity contribution in [3.05, 3.63) is 42.1 Å². The molecule has 0 unspecified atom stereocenters. The van der Waals surface area contributed by atoms with E-state index in [0.717, 1.165) is 16.3 Å². The molecule has 0 fully saturated rings. The second-order valence-corrected chi connectivity index (χ2v) is 4.61. The summed E-state index contributed by atoms with van der Waals surface area (Å²) in [5.74, 6) is 0.212. The number of benzene rings is 2. The van der Waals surface area contributed by atoms with E-state index in [-0.39, 0.29) is 12.3 Å². The van der Waals surface area contributed by atoms with Gasteiger partial charge in [-0.25, -0.2) is 4.79 Å². The van der Waals surface area contributed by atoms with Crippen LogP contribution in [-0.4, -0.2) is 35.1 Å². The highest BCUT2D eigenvalue weighted by Gasteiger charge is 2.21. The Bertz CT molecular complexity index is 821.